The molecule has 3 aromatic carbocycles. The van der Waals surface area contributed by atoms with Gasteiger partial charge in [-0.2, -0.15) is 10.4 Å². The molecular formula is C24H17N3O2S. The topological polar surface area (TPSA) is 75.8 Å². The number of rotatable bonds is 5. The standard InChI is InChI=1S/C24H17N3O2S/c25-17-23(30(28,29)22-14-8-3-9-15-22)16-20-18-27(21-12-6-2-7-13-21)26-24(20)19-10-4-1-5-11-19/h1-16,18H. The van der Waals surface area contributed by atoms with Crippen LogP contribution < -0.4 is 0 Å². The Morgan fingerprint density at radius 3 is 2.03 bits per heavy atom. The molecule has 0 saturated carbocycles. The van der Waals surface area contributed by atoms with E-state index in [0.717, 1.165) is 11.3 Å². The predicted octanol–water partition coefficient (Wildman–Crippen LogP) is 4.88. The smallest absolute Gasteiger partial charge is 0.216 e. The first kappa shape index (κ1) is 19.4. The van der Waals surface area contributed by atoms with Crippen LogP contribution in [0.15, 0.2) is 107 Å². The van der Waals surface area contributed by atoms with Crippen molar-refractivity contribution in [2.75, 3.05) is 0 Å². The summed E-state index contributed by atoms with van der Waals surface area (Å²) >= 11 is 0. The molecule has 0 aliphatic rings. The third-order valence-corrected chi connectivity index (χ3v) is 6.23. The van der Waals surface area contributed by atoms with Crippen LogP contribution in [0.5, 0.6) is 0 Å². The van der Waals surface area contributed by atoms with Gasteiger partial charge in [-0.05, 0) is 30.3 Å². The highest BCUT2D eigenvalue weighted by Crippen LogP contribution is 2.28. The van der Waals surface area contributed by atoms with E-state index in [1.165, 1.54) is 18.2 Å². The van der Waals surface area contributed by atoms with Crippen LogP contribution in [0.1, 0.15) is 5.56 Å². The van der Waals surface area contributed by atoms with Crippen molar-refractivity contribution in [3.8, 4) is 23.0 Å². The maximum Gasteiger partial charge on any atom is 0.216 e. The van der Waals surface area contributed by atoms with Crippen LogP contribution in [0.25, 0.3) is 23.0 Å². The Morgan fingerprint density at radius 1 is 0.867 bits per heavy atom. The first-order chi connectivity index (χ1) is 14.6. The number of allylic oxidation sites excluding steroid dienone is 1. The van der Waals surface area contributed by atoms with E-state index in [1.54, 1.807) is 29.1 Å². The molecule has 6 heteroatoms. The molecule has 0 bridgehead atoms. The molecule has 4 aromatic rings. The molecule has 0 atom stereocenters. The highest BCUT2D eigenvalue weighted by atomic mass is 32.2. The molecule has 0 aliphatic carbocycles. The van der Waals surface area contributed by atoms with Crippen molar-refractivity contribution in [1.29, 1.82) is 5.26 Å². The molecule has 0 saturated heterocycles. The minimum atomic E-state index is -3.94. The van der Waals surface area contributed by atoms with Gasteiger partial charge in [0.05, 0.1) is 10.6 Å². The second kappa shape index (κ2) is 8.19. The van der Waals surface area contributed by atoms with E-state index in [-0.39, 0.29) is 9.80 Å². The maximum absolute atomic E-state index is 13.0. The molecule has 30 heavy (non-hydrogen) atoms. The largest absolute Gasteiger partial charge is 0.240 e. The van der Waals surface area contributed by atoms with E-state index in [0.29, 0.717) is 11.3 Å². The van der Waals surface area contributed by atoms with Crippen molar-refractivity contribution in [1.82, 2.24) is 9.78 Å². The Morgan fingerprint density at radius 2 is 1.43 bits per heavy atom. The minimum Gasteiger partial charge on any atom is -0.240 e. The molecule has 1 heterocycles. The van der Waals surface area contributed by atoms with Crippen molar-refractivity contribution in [2.24, 2.45) is 0 Å². The van der Waals surface area contributed by atoms with Gasteiger partial charge in [0.25, 0.3) is 0 Å². The molecule has 1 aromatic heterocycles. The Hall–Kier alpha value is -3.95. The van der Waals surface area contributed by atoms with Gasteiger partial charge >= 0.3 is 0 Å². The van der Waals surface area contributed by atoms with Gasteiger partial charge in [0, 0.05) is 17.3 Å². The van der Waals surface area contributed by atoms with Gasteiger partial charge in [0.15, 0.2) is 0 Å². The summed E-state index contributed by atoms with van der Waals surface area (Å²) in [5.74, 6) is 0. The Kier molecular flexibility index (Phi) is 5.29. The van der Waals surface area contributed by atoms with Gasteiger partial charge in [-0.15, -0.1) is 0 Å². The van der Waals surface area contributed by atoms with E-state index in [1.807, 2.05) is 66.7 Å². The van der Waals surface area contributed by atoms with Crippen molar-refractivity contribution in [3.05, 3.63) is 108 Å². The predicted molar refractivity (Wildman–Crippen MR) is 116 cm³/mol. The van der Waals surface area contributed by atoms with Crippen LogP contribution in [0.2, 0.25) is 0 Å². The van der Waals surface area contributed by atoms with Crippen LogP contribution in [0, 0.1) is 11.3 Å². The van der Waals surface area contributed by atoms with Crippen LogP contribution >= 0.6 is 0 Å². The number of nitrogens with zero attached hydrogens (tertiary/aromatic N) is 3. The lowest BCUT2D eigenvalue weighted by molar-refractivity contribution is 0.603. The molecule has 0 aliphatic heterocycles. The third kappa shape index (κ3) is 3.79. The number of hydrogen-bond acceptors (Lipinski definition) is 4. The zero-order valence-electron chi connectivity index (χ0n) is 15.9. The fourth-order valence-corrected chi connectivity index (χ4v) is 4.24. The van der Waals surface area contributed by atoms with Crippen molar-refractivity contribution in [3.63, 3.8) is 0 Å². The molecular weight excluding hydrogens is 394 g/mol. The summed E-state index contributed by atoms with van der Waals surface area (Å²) in [6.07, 6.45) is 3.12. The second-order valence-electron chi connectivity index (χ2n) is 6.52. The van der Waals surface area contributed by atoms with Gasteiger partial charge in [-0.1, -0.05) is 66.7 Å². The van der Waals surface area contributed by atoms with Crippen molar-refractivity contribution < 1.29 is 8.42 Å². The summed E-state index contributed by atoms with van der Waals surface area (Å²) in [6, 6.07) is 28.8. The molecule has 0 fully saturated rings. The van der Waals surface area contributed by atoms with Gasteiger partial charge in [-0.25, -0.2) is 13.1 Å². The zero-order chi connectivity index (χ0) is 21.0. The molecule has 0 amide bonds. The average molecular weight is 411 g/mol. The zero-order valence-corrected chi connectivity index (χ0v) is 16.7. The van der Waals surface area contributed by atoms with E-state index in [9.17, 15) is 13.7 Å². The van der Waals surface area contributed by atoms with Gasteiger partial charge in [-0.3, -0.25) is 0 Å². The molecule has 0 spiro atoms. The third-order valence-electron chi connectivity index (χ3n) is 4.55. The summed E-state index contributed by atoms with van der Waals surface area (Å²) in [5.41, 5.74) is 2.79. The molecule has 0 unspecified atom stereocenters. The van der Waals surface area contributed by atoms with E-state index >= 15 is 0 Å². The molecule has 146 valence electrons. The van der Waals surface area contributed by atoms with E-state index in [4.69, 9.17) is 0 Å². The highest BCUT2D eigenvalue weighted by Gasteiger charge is 2.22. The van der Waals surface area contributed by atoms with Gasteiger partial charge in [0.1, 0.15) is 16.7 Å². The van der Waals surface area contributed by atoms with Crippen LogP contribution in [0.3, 0.4) is 0 Å². The number of para-hydroxylation sites is 1. The van der Waals surface area contributed by atoms with Gasteiger partial charge in [0.2, 0.25) is 9.84 Å². The van der Waals surface area contributed by atoms with E-state index in [2.05, 4.69) is 5.10 Å². The van der Waals surface area contributed by atoms with Gasteiger partial charge < -0.3 is 0 Å². The number of sulfone groups is 1. The first-order valence-electron chi connectivity index (χ1n) is 9.22. The molecule has 0 N–H and O–H groups in total. The van der Waals surface area contributed by atoms with Crippen LogP contribution in [0.4, 0.5) is 0 Å². The summed E-state index contributed by atoms with van der Waals surface area (Å²) in [5, 5.41) is 14.3. The first-order valence-corrected chi connectivity index (χ1v) is 10.7. The Bertz CT molecular complexity index is 1340. The summed E-state index contributed by atoms with van der Waals surface area (Å²) in [7, 11) is -3.94. The van der Waals surface area contributed by atoms with Crippen molar-refractivity contribution in [2.45, 2.75) is 4.90 Å². The second-order valence-corrected chi connectivity index (χ2v) is 8.43. The average Bonchev–Trinajstić information content (AvgIpc) is 3.23. The number of benzene rings is 3. The highest BCUT2D eigenvalue weighted by molar-refractivity contribution is 7.95. The quantitative estimate of drug-likeness (QED) is 0.439. The van der Waals surface area contributed by atoms with Crippen LogP contribution in [-0.4, -0.2) is 18.2 Å². The lowest BCUT2D eigenvalue weighted by Crippen LogP contribution is -2.03. The SMILES string of the molecule is N#CC(=Cc1cn(-c2ccccc2)nc1-c1ccccc1)S(=O)(=O)c1ccccc1. The monoisotopic (exact) mass is 411 g/mol. The van der Waals surface area contributed by atoms with E-state index < -0.39 is 9.84 Å². The summed E-state index contributed by atoms with van der Waals surface area (Å²) in [6.45, 7) is 0. The van der Waals surface area contributed by atoms with Crippen LogP contribution in [-0.2, 0) is 9.84 Å². The molecule has 5 nitrogen and oxygen atoms in total. The minimum absolute atomic E-state index is 0.0783. The fraction of sp³-hybridized carbons (Fsp3) is 0. The number of nitriles is 1. The number of aromatic nitrogens is 2. The fourth-order valence-electron chi connectivity index (χ4n) is 3.06. The lowest BCUT2D eigenvalue weighted by Gasteiger charge is -2.03. The Labute approximate surface area is 175 Å². The molecule has 0 radical (unpaired) electrons. The normalized spacial score (nSPS) is 11.8. The molecule has 4 rings (SSSR count). The Balaban J connectivity index is 1.89. The number of hydrogen-bond donors (Lipinski definition) is 0. The maximum atomic E-state index is 13.0. The summed E-state index contributed by atoms with van der Waals surface area (Å²) < 4.78 is 27.6. The lowest BCUT2D eigenvalue weighted by atomic mass is 10.1. The summed E-state index contributed by atoms with van der Waals surface area (Å²) in [4.78, 5) is -0.256. The van der Waals surface area contributed by atoms with Crippen molar-refractivity contribution >= 4 is 15.9 Å².